The minimum atomic E-state index is -0.359. The van der Waals surface area contributed by atoms with Crippen molar-refractivity contribution in [2.75, 3.05) is 7.11 Å². The smallest absolute Gasteiger partial charge is 0.274 e. The summed E-state index contributed by atoms with van der Waals surface area (Å²) in [5, 5.41) is 8.25. The molecular weight excluding hydrogens is 432 g/mol. The van der Waals surface area contributed by atoms with Gasteiger partial charge in [0.05, 0.1) is 18.5 Å². The Balaban J connectivity index is 1.51. The molecule has 34 heavy (non-hydrogen) atoms. The molecule has 0 saturated carbocycles. The number of carbonyl (C=O) groups excluding carboxylic acids is 1. The van der Waals surface area contributed by atoms with E-state index in [0.29, 0.717) is 28.9 Å². The zero-order valence-electron chi connectivity index (χ0n) is 19.3. The molecule has 0 aliphatic heterocycles. The first-order valence-corrected chi connectivity index (χ1v) is 11.0. The van der Waals surface area contributed by atoms with Crippen molar-refractivity contribution in [2.45, 2.75) is 33.0 Å². The highest BCUT2D eigenvalue weighted by Crippen LogP contribution is 2.29. The van der Waals surface area contributed by atoms with Crippen LogP contribution in [0, 0.1) is 0 Å². The summed E-state index contributed by atoms with van der Waals surface area (Å²) in [4.78, 5) is 29.8. The third-order valence-corrected chi connectivity index (χ3v) is 5.36. The summed E-state index contributed by atoms with van der Waals surface area (Å²) in [6.07, 6.45) is 3.43. The van der Waals surface area contributed by atoms with Crippen molar-refractivity contribution in [3.05, 3.63) is 94.2 Å². The third-order valence-electron chi connectivity index (χ3n) is 5.36. The quantitative estimate of drug-likeness (QED) is 0.430. The number of hydrogen-bond acceptors (Lipinski definition) is 6. The van der Waals surface area contributed by atoms with E-state index in [1.165, 1.54) is 4.68 Å². The molecule has 4 aromatic rings. The number of carbonyl (C=O) groups is 1. The summed E-state index contributed by atoms with van der Waals surface area (Å²) in [5.41, 5.74) is 1.83. The van der Waals surface area contributed by atoms with Crippen LogP contribution in [-0.2, 0) is 13.2 Å². The number of hydrogen-bond donors (Lipinski definition) is 1. The molecule has 0 saturated heterocycles. The van der Waals surface area contributed by atoms with Crippen LogP contribution in [0.1, 0.15) is 41.5 Å². The van der Waals surface area contributed by atoms with Crippen molar-refractivity contribution in [1.82, 2.24) is 20.1 Å². The van der Waals surface area contributed by atoms with Gasteiger partial charge in [-0.15, -0.1) is 0 Å². The van der Waals surface area contributed by atoms with Gasteiger partial charge in [0.25, 0.3) is 11.5 Å². The summed E-state index contributed by atoms with van der Waals surface area (Å²) in [6, 6.07) is 16.1. The number of aromatic nitrogens is 3. The molecule has 0 radical (unpaired) electrons. The van der Waals surface area contributed by atoms with Crippen molar-refractivity contribution >= 4 is 16.7 Å². The average molecular weight is 459 g/mol. The fraction of sp³-hybridized carbons (Fsp3) is 0.231. The van der Waals surface area contributed by atoms with E-state index in [1.807, 2.05) is 44.2 Å². The van der Waals surface area contributed by atoms with E-state index in [9.17, 15) is 9.59 Å². The number of ether oxygens (including phenoxy) is 2. The normalized spacial score (nSPS) is 10.9. The fourth-order valence-corrected chi connectivity index (χ4v) is 3.57. The highest BCUT2D eigenvalue weighted by atomic mass is 16.5. The summed E-state index contributed by atoms with van der Waals surface area (Å²) >= 11 is 0. The average Bonchev–Trinajstić information content (AvgIpc) is 2.87. The highest BCUT2D eigenvalue weighted by molar-refractivity contribution is 6.04. The van der Waals surface area contributed by atoms with Crippen LogP contribution in [-0.4, -0.2) is 27.8 Å². The number of benzene rings is 2. The molecule has 2 heterocycles. The lowest BCUT2D eigenvalue weighted by atomic mass is 10.1. The van der Waals surface area contributed by atoms with E-state index in [1.54, 1.807) is 43.8 Å². The fourth-order valence-electron chi connectivity index (χ4n) is 3.57. The Kier molecular flexibility index (Phi) is 6.87. The van der Waals surface area contributed by atoms with Gasteiger partial charge in [-0.25, -0.2) is 4.68 Å². The maximum Gasteiger partial charge on any atom is 0.274 e. The van der Waals surface area contributed by atoms with E-state index in [2.05, 4.69) is 15.4 Å². The summed E-state index contributed by atoms with van der Waals surface area (Å²) in [5.74, 6) is 0.811. The van der Waals surface area contributed by atoms with Gasteiger partial charge in [0.1, 0.15) is 6.61 Å². The van der Waals surface area contributed by atoms with Gasteiger partial charge in [-0.2, -0.15) is 5.10 Å². The van der Waals surface area contributed by atoms with Crippen LogP contribution in [0.5, 0.6) is 11.5 Å². The second-order valence-electron chi connectivity index (χ2n) is 8.05. The molecule has 0 aliphatic rings. The SMILES string of the molecule is COc1cc(CNC(=O)c2nn(C(C)C)c(=O)c3ccccc23)ccc1OCc1ccncc1. The molecule has 2 aromatic heterocycles. The molecule has 0 fully saturated rings. The first-order chi connectivity index (χ1) is 16.5. The van der Waals surface area contributed by atoms with Crippen molar-refractivity contribution in [1.29, 1.82) is 0 Å². The Morgan fingerprint density at radius 3 is 2.44 bits per heavy atom. The lowest BCUT2D eigenvalue weighted by molar-refractivity contribution is 0.0945. The number of nitrogens with one attached hydrogen (secondary N) is 1. The van der Waals surface area contributed by atoms with Gasteiger partial charge in [0.2, 0.25) is 0 Å². The van der Waals surface area contributed by atoms with Crippen LogP contribution in [0.3, 0.4) is 0 Å². The number of pyridine rings is 1. The lowest BCUT2D eigenvalue weighted by Gasteiger charge is -2.14. The molecule has 2 aromatic carbocycles. The van der Waals surface area contributed by atoms with Gasteiger partial charge in [-0.1, -0.05) is 24.3 Å². The molecule has 0 aliphatic carbocycles. The summed E-state index contributed by atoms with van der Waals surface area (Å²) in [6.45, 7) is 4.36. The van der Waals surface area contributed by atoms with Gasteiger partial charge in [0.15, 0.2) is 17.2 Å². The van der Waals surface area contributed by atoms with E-state index in [4.69, 9.17) is 9.47 Å². The van der Waals surface area contributed by atoms with Crippen molar-refractivity contribution in [3.8, 4) is 11.5 Å². The minimum absolute atomic E-state index is 0.174. The zero-order chi connectivity index (χ0) is 24.1. The molecular formula is C26H26N4O4. The number of fused-ring (bicyclic) bond motifs is 1. The van der Waals surface area contributed by atoms with Crippen LogP contribution in [0.25, 0.3) is 10.8 Å². The molecule has 1 amide bonds. The van der Waals surface area contributed by atoms with E-state index in [-0.39, 0.29) is 29.7 Å². The van der Waals surface area contributed by atoms with Gasteiger partial charge >= 0.3 is 0 Å². The number of methoxy groups -OCH3 is 1. The van der Waals surface area contributed by atoms with Gasteiger partial charge in [0, 0.05) is 24.3 Å². The van der Waals surface area contributed by atoms with Gasteiger partial charge in [-0.3, -0.25) is 14.6 Å². The third kappa shape index (κ3) is 4.91. The molecule has 4 rings (SSSR count). The van der Waals surface area contributed by atoms with Crippen LogP contribution in [0.15, 0.2) is 71.8 Å². The molecule has 8 nitrogen and oxygen atoms in total. The number of nitrogens with zero attached hydrogens (tertiary/aromatic N) is 3. The topological polar surface area (TPSA) is 95.3 Å². The predicted octanol–water partition coefficient (Wildman–Crippen LogP) is 3.89. The van der Waals surface area contributed by atoms with Crippen molar-refractivity contribution < 1.29 is 14.3 Å². The molecule has 0 unspecified atom stereocenters. The number of rotatable bonds is 8. The van der Waals surface area contributed by atoms with Crippen molar-refractivity contribution in [2.24, 2.45) is 0 Å². The highest BCUT2D eigenvalue weighted by Gasteiger charge is 2.18. The second kappa shape index (κ2) is 10.2. The first kappa shape index (κ1) is 23.0. The van der Waals surface area contributed by atoms with Crippen LogP contribution < -0.4 is 20.3 Å². The van der Waals surface area contributed by atoms with Crippen LogP contribution in [0.4, 0.5) is 0 Å². The van der Waals surface area contributed by atoms with Gasteiger partial charge in [-0.05, 0) is 55.3 Å². The van der Waals surface area contributed by atoms with Gasteiger partial charge < -0.3 is 14.8 Å². The largest absolute Gasteiger partial charge is 0.493 e. The van der Waals surface area contributed by atoms with Crippen LogP contribution in [0.2, 0.25) is 0 Å². The molecule has 0 spiro atoms. The molecule has 0 bridgehead atoms. The van der Waals surface area contributed by atoms with E-state index < -0.39 is 0 Å². The lowest BCUT2D eigenvalue weighted by Crippen LogP contribution is -2.31. The Morgan fingerprint density at radius 1 is 1.00 bits per heavy atom. The van der Waals surface area contributed by atoms with E-state index >= 15 is 0 Å². The Bertz CT molecular complexity index is 1370. The maximum absolute atomic E-state index is 13.0. The van der Waals surface area contributed by atoms with Crippen LogP contribution >= 0.6 is 0 Å². The standard InChI is InChI=1S/C26H26N4O4/c1-17(2)30-26(32)21-7-5-4-6-20(21)24(29-30)25(31)28-15-19-8-9-22(23(14-19)33-3)34-16-18-10-12-27-13-11-18/h4-14,17H,15-16H2,1-3H3,(H,28,31). The summed E-state index contributed by atoms with van der Waals surface area (Å²) in [7, 11) is 1.57. The molecule has 8 heteroatoms. The Morgan fingerprint density at radius 2 is 1.74 bits per heavy atom. The molecule has 1 N–H and O–H groups in total. The number of amides is 1. The zero-order valence-corrected chi connectivity index (χ0v) is 19.3. The second-order valence-corrected chi connectivity index (χ2v) is 8.05. The summed E-state index contributed by atoms with van der Waals surface area (Å²) < 4.78 is 12.7. The maximum atomic E-state index is 13.0. The monoisotopic (exact) mass is 458 g/mol. The molecule has 174 valence electrons. The van der Waals surface area contributed by atoms with E-state index in [0.717, 1.165) is 11.1 Å². The predicted molar refractivity (Wildman–Crippen MR) is 129 cm³/mol. The van der Waals surface area contributed by atoms with Crippen molar-refractivity contribution in [3.63, 3.8) is 0 Å². The Labute approximate surface area is 197 Å². The molecule has 0 atom stereocenters. The first-order valence-electron chi connectivity index (χ1n) is 11.0. The minimum Gasteiger partial charge on any atom is -0.493 e. The Hall–Kier alpha value is -4.20.